The summed E-state index contributed by atoms with van der Waals surface area (Å²) in [5, 5.41) is 4.19. The second-order valence-corrected chi connectivity index (χ2v) is 5.56. The van der Waals surface area contributed by atoms with E-state index in [1.807, 2.05) is 17.9 Å². The minimum Gasteiger partial charge on any atom is -0.381 e. The van der Waals surface area contributed by atoms with E-state index in [0.717, 1.165) is 44.1 Å². The quantitative estimate of drug-likeness (QED) is 0.832. The van der Waals surface area contributed by atoms with Crippen molar-refractivity contribution in [3.63, 3.8) is 0 Å². The molecule has 1 fully saturated rings. The lowest BCUT2D eigenvalue weighted by molar-refractivity contribution is 0.193. The van der Waals surface area contributed by atoms with Crippen LogP contribution in [0.2, 0.25) is 0 Å². The Balaban J connectivity index is 1.63. The summed E-state index contributed by atoms with van der Waals surface area (Å²) in [4.78, 5) is 10.9. The van der Waals surface area contributed by atoms with Crippen LogP contribution in [-0.2, 0) is 18.2 Å². The van der Waals surface area contributed by atoms with E-state index in [9.17, 15) is 0 Å². The molecule has 2 aromatic heterocycles. The van der Waals surface area contributed by atoms with Gasteiger partial charge in [-0.15, -0.1) is 0 Å². The molecule has 1 atom stereocenters. The number of rotatable bonds is 5. The van der Waals surface area contributed by atoms with Gasteiger partial charge in [-0.25, -0.2) is 9.97 Å². The third-order valence-electron chi connectivity index (χ3n) is 3.91. The van der Waals surface area contributed by atoms with Crippen LogP contribution >= 0.6 is 0 Å². The van der Waals surface area contributed by atoms with Crippen molar-refractivity contribution in [2.45, 2.75) is 18.8 Å². The number of nitrogens with zero attached hydrogens (tertiary/aromatic N) is 5. The zero-order valence-electron chi connectivity index (χ0n) is 12.6. The molecule has 0 spiro atoms. The number of anilines is 1. The molecule has 0 aliphatic carbocycles. The van der Waals surface area contributed by atoms with Gasteiger partial charge in [0.25, 0.3) is 0 Å². The molecule has 0 saturated carbocycles. The number of hydrogen-bond acceptors (Lipinski definition) is 5. The Morgan fingerprint density at radius 1 is 1.43 bits per heavy atom. The molecule has 0 radical (unpaired) electrons. The highest BCUT2D eigenvalue weighted by atomic mass is 16.5. The van der Waals surface area contributed by atoms with E-state index in [-0.39, 0.29) is 0 Å². The Labute approximate surface area is 124 Å². The molecule has 6 nitrogen and oxygen atoms in total. The molecule has 0 unspecified atom stereocenters. The van der Waals surface area contributed by atoms with Gasteiger partial charge in [-0.05, 0) is 18.4 Å². The SMILES string of the molecule is CN(CCc1cnn(C)c1)c1cc([C@H]2CCOC2)ncn1. The Kier molecular flexibility index (Phi) is 4.15. The Morgan fingerprint density at radius 2 is 2.33 bits per heavy atom. The van der Waals surface area contributed by atoms with Crippen LogP contribution in [0, 0.1) is 0 Å². The van der Waals surface area contributed by atoms with Crippen LogP contribution in [-0.4, -0.2) is 46.6 Å². The molecule has 1 aliphatic rings. The third-order valence-corrected chi connectivity index (χ3v) is 3.91. The fraction of sp³-hybridized carbons (Fsp3) is 0.533. The van der Waals surface area contributed by atoms with E-state index in [0.29, 0.717) is 5.92 Å². The zero-order chi connectivity index (χ0) is 14.7. The van der Waals surface area contributed by atoms with E-state index in [1.165, 1.54) is 5.56 Å². The molecule has 3 heterocycles. The van der Waals surface area contributed by atoms with Crippen LogP contribution in [0.3, 0.4) is 0 Å². The van der Waals surface area contributed by atoms with Crippen molar-refractivity contribution < 1.29 is 4.74 Å². The second-order valence-electron chi connectivity index (χ2n) is 5.56. The molecule has 21 heavy (non-hydrogen) atoms. The molecular weight excluding hydrogens is 266 g/mol. The lowest BCUT2D eigenvalue weighted by Gasteiger charge is -2.18. The molecule has 0 N–H and O–H groups in total. The van der Waals surface area contributed by atoms with Crippen LogP contribution < -0.4 is 4.90 Å². The van der Waals surface area contributed by atoms with E-state index in [2.05, 4.69) is 39.3 Å². The summed E-state index contributed by atoms with van der Waals surface area (Å²) >= 11 is 0. The molecule has 0 bridgehead atoms. The molecule has 0 aromatic carbocycles. The first-order valence-electron chi connectivity index (χ1n) is 7.31. The van der Waals surface area contributed by atoms with Gasteiger partial charge in [0.1, 0.15) is 12.1 Å². The minimum atomic E-state index is 0.415. The summed E-state index contributed by atoms with van der Waals surface area (Å²) in [7, 11) is 4.00. The first kappa shape index (κ1) is 14.0. The predicted octanol–water partition coefficient (Wildman–Crippen LogP) is 1.39. The van der Waals surface area contributed by atoms with Gasteiger partial charge in [0, 0.05) is 45.4 Å². The van der Waals surface area contributed by atoms with Crippen molar-refractivity contribution in [1.82, 2.24) is 19.7 Å². The normalized spacial score (nSPS) is 18.1. The summed E-state index contributed by atoms with van der Waals surface area (Å²) in [5.74, 6) is 1.38. The number of ether oxygens (including phenoxy) is 1. The lowest BCUT2D eigenvalue weighted by Crippen LogP contribution is -2.22. The maximum atomic E-state index is 5.44. The largest absolute Gasteiger partial charge is 0.381 e. The van der Waals surface area contributed by atoms with Gasteiger partial charge in [0.05, 0.1) is 18.5 Å². The number of aryl methyl sites for hydroxylation is 1. The molecule has 6 heteroatoms. The van der Waals surface area contributed by atoms with Crippen molar-refractivity contribution in [2.75, 3.05) is 31.7 Å². The lowest BCUT2D eigenvalue weighted by atomic mass is 10.0. The van der Waals surface area contributed by atoms with Gasteiger partial charge in [-0.1, -0.05) is 0 Å². The monoisotopic (exact) mass is 287 g/mol. The average Bonchev–Trinajstić information content (AvgIpc) is 3.16. The summed E-state index contributed by atoms with van der Waals surface area (Å²) in [5.41, 5.74) is 2.33. The first-order valence-corrected chi connectivity index (χ1v) is 7.31. The molecule has 0 amide bonds. The highest BCUT2D eigenvalue weighted by molar-refractivity contribution is 5.39. The highest BCUT2D eigenvalue weighted by Crippen LogP contribution is 2.25. The van der Waals surface area contributed by atoms with Crippen LogP contribution in [0.1, 0.15) is 23.6 Å². The van der Waals surface area contributed by atoms with Crippen LogP contribution in [0.5, 0.6) is 0 Å². The number of hydrogen-bond donors (Lipinski definition) is 0. The van der Waals surface area contributed by atoms with Crippen molar-refractivity contribution >= 4 is 5.82 Å². The maximum Gasteiger partial charge on any atom is 0.131 e. The fourth-order valence-electron chi connectivity index (χ4n) is 2.57. The molecule has 3 rings (SSSR count). The Morgan fingerprint density at radius 3 is 3.05 bits per heavy atom. The summed E-state index contributed by atoms with van der Waals surface area (Å²) in [6, 6.07) is 2.09. The topological polar surface area (TPSA) is 56.1 Å². The van der Waals surface area contributed by atoms with Gasteiger partial charge in [0.15, 0.2) is 0 Å². The van der Waals surface area contributed by atoms with Crippen molar-refractivity contribution in [1.29, 1.82) is 0 Å². The van der Waals surface area contributed by atoms with Crippen molar-refractivity contribution in [2.24, 2.45) is 7.05 Å². The van der Waals surface area contributed by atoms with E-state index in [1.54, 1.807) is 6.33 Å². The molecular formula is C15H21N5O. The van der Waals surface area contributed by atoms with E-state index < -0.39 is 0 Å². The summed E-state index contributed by atoms with van der Waals surface area (Å²) in [6.45, 7) is 2.51. The van der Waals surface area contributed by atoms with Crippen molar-refractivity contribution in [3.05, 3.63) is 36.0 Å². The minimum absolute atomic E-state index is 0.415. The number of likely N-dealkylation sites (N-methyl/N-ethyl adjacent to an activating group) is 1. The van der Waals surface area contributed by atoms with Crippen LogP contribution in [0.4, 0.5) is 5.82 Å². The predicted molar refractivity (Wildman–Crippen MR) is 80.4 cm³/mol. The zero-order valence-corrected chi connectivity index (χ0v) is 12.6. The van der Waals surface area contributed by atoms with Gasteiger partial charge in [-0.3, -0.25) is 4.68 Å². The van der Waals surface area contributed by atoms with Crippen LogP contribution in [0.15, 0.2) is 24.8 Å². The van der Waals surface area contributed by atoms with Crippen molar-refractivity contribution in [3.8, 4) is 0 Å². The second kappa shape index (κ2) is 6.22. The van der Waals surface area contributed by atoms with Gasteiger partial charge >= 0.3 is 0 Å². The Bertz CT molecular complexity index is 591. The standard InChI is InChI=1S/C15H21N5O/c1-19(5-3-12-8-18-20(2)9-12)15-7-14(16-11-17-15)13-4-6-21-10-13/h7-9,11,13H,3-6,10H2,1-2H3/t13-/m0/s1. The highest BCUT2D eigenvalue weighted by Gasteiger charge is 2.20. The molecule has 112 valence electrons. The van der Waals surface area contributed by atoms with Gasteiger partial charge in [0.2, 0.25) is 0 Å². The molecule has 2 aromatic rings. The smallest absolute Gasteiger partial charge is 0.131 e. The van der Waals surface area contributed by atoms with Gasteiger partial charge in [-0.2, -0.15) is 5.10 Å². The summed E-state index contributed by atoms with van der Waals surface area (Å²) in [6.07, 6.45) is 7.62. The van der Waals surface area contributed by atoms with E-state index in [4.69, 9.17) is 4.74 Å². The molecule has 1 saturated heterocycles. The fourth-order valence-corrected chi connectivity index (χ4v) is 2.57. The molecule has 1 aliphatic heterocycles. The van der Waals surface area contributed by atoms with Gasteiger partial charge < -0.3 is 9.64 Å². The third kappa shape index (κ3) is 3.39. The first-order chi connectivity index (χ1) is 10.2. The average molecular weight is 287 g/mol. The number of aromatic nitrogens is 4. The van der Waals surface area contributed by atoms with Crippen LogP contribution in [0.25, 0.3) is 0 Å². The van der Waals surface area contributed by atoms with E-state index >= 15 is 0 Å². The summed E-state index contributed by atoms with van der Waals surface area (Å²) < 4.78 is 7.27. The maximum absolute atomic E-state index is 5.44. The Hall–Kier alpha value is -1.95.